The monoisotopic (exact) mass is 217 g/mol. The van der Waals surface area contributed by atoms with Crippen LogP contribution in [0.25, 0.3) is 11.0 Å². The molecule has 1 aromatic heterocycles. The minimum atomic E-state index is -0.377. The van der Waals surface area contributed by atoms with E-state index in [1.165, 1.54) is 4.57 Å². The molecule has 1 aliphatic rings. The summed E-state index contributed by atoms with van der Waals surface area (Å²) in [5, 5.41) is 0. The van der Waals surface area contributed by atoms with Gasteiger partial charge in [-0.05, 0) is 31.0 Å². The number of nitrogens with two attached hydrogens (primary N) is 1. The van der Waals surface area contributed by atoms with Crippen molar-refractivity contribution in [3.8, 4) is 0 Å². The first-order valence-electron chi connectivity index (χ1n) is 5.21. The molecule has 82 valence electrons. The van der Waals surface area contributed by atoms with Crippen LogP contribution in [-0.2, 0) is 0 Å². The Kier molecular flexibility index (Phi) is 1.71. The molecule has 0 aliphatic heterocycles. The second-order valence-corrected chi connectivity index (χ2v) is 4.15. The van der Waals surface area contributed by atoms with Crippen molar-refractivity contribution in [1.29, 1.82) is 0 Å². The minimum absolute atomic E-state index is 0.0122. The van der Waals surface area contributed by atoms with Gasteiger partial charge in [-0.2, -0.15) is 0 Å². The zero-order valence-corrected chi connectivity index (χ0v) is 8.56. The topological polar surface area (TPSA) is 80.9 Å². The fourth-order valence-electron chi connectivity index (χ4n) is 1.85. The molecule has 0 radical (unpaired) electrons. The number of benzene rings is 1. The molecule has 0 spiro atoms. The fourth-order valence-corrected chi connectivity index (χ4v) is 1.85. The number of imidazole rings is 1. The van der Waals surface area contributed by atoms with Gasteiger partial charge in [-0.15, -0.1) is 0 Å². The van der Waals surface area contributed by atoms with E-state index in [1.807, 2.05) is 0 Å². The van der Waals surface area contributed by atoms with Crippen molar-refractivity contribution in [2.24, 2.45) is 5.92 Å². The molecular weight excluding hydrogens is 206 g/mol. The number of hydrogen-bond donors (Lipinski definition) is 2. The van der Waals surface area contributed by atoms with Crippen LogP contribution < -0.4 is 11.4 Å². The SMILES string of the molecule is Nc1ccc2[nH]c(=O)n(C(=O)C3CC3)c2c1. The molecule has 1 aromatic carbocycles. The number of nitrogens with one attached hydrogen (secondary N) is 1. The van der Waals surface area contributed by atoms with Gasteiger partial charge in [0.05, 0.1) is 11.0 Å². The van der Waals surface area contributed by atoms with Gasteiger partial charge in [0.25, 0.3) is 0 Å². The molecule has 0 atom stereocenters. The number of H-pyrrole nitrogens is 1. The minimum Gasteiger partial charge on any atom is -0.399 e. The summed E-state index contributed by atoms with van der Waals surface area (Å²) in [6, 6.07) is 5.06. The van der Waals surface area contributed by atoms with Crippen molar-refractivity contribution in [2.45, 2.75) is 12.8 Å². The molecule has 1 fully saturated rings. The number of anilines is 1. The van der Waals surface area contributed by atoms with E-state index in [2.05, 4.69) is 4.98 Å². The zero-order chi connectivity index (χ0) is 11.3. The third-order valence-corrected chi connectivity index (χ3v) is 2.85. The van der Waals surface area contributed by atoms with Crippen molar-refractivity contribution in [3.05, 3.63) is 28.7 Å². The van der Waals surface area contributed by atoms with Crippen LogP contribution in [0.3, 0.4) is 0 Å². The smallest absolute Gasteiger partial charge is 0.333 e. The molecular formula is C11H11N3O2. The van der Waals surface area contributed by atoms with E-state index in [4.69, 9.17) is 5.73 Å². The Morgan fingerprint density at radius 2 is 2.19 bits per heavy atom. The Morgan fingerprint density at radius 3 is 2.88 bits per heavy atom. The highest BCUT2D eigenvalue weighted by molar-refractivity contribution is 5.93. The summed E-state index contributed by atoms with van der Waals surface area (Å²) in [6.45, 7) is 0. The highest BCUT2D eigenvalue weighted by Crippen LogP contribution is 2.31. The number of aromatic nitrogens is 2. The molecule has 1 heterocycles. The van der Waals surface area contributed by atoms with Gasteiger partial charge >= 0.3 is 5.69 Å². The van der Waals surface area contributed by atoms with Crippen molar-refractivity contribution in [2.75, 3.05) is 5.73 Å². The Bertz CT molecular complexity index is 634. The Hall–Kier alpha value is -2.04. The standard InChI is InChI=1S/C11H11N3O2/c12-7-3-4-8-9(5-7)14(11(16)13-8)10(15)6-1-2-6/h3-6H,1-2,12H2,(H,13,16). The van der Waals surface area contributed by atoms with Gasteiger partial charge in [0.15, 0.2) is 0 Å². The van der Waals surface area contributed by atoms with Crippen molar-refractivity contribution < 1.29 is 4.79 Å². The molecule has 1 aliphatic carbocycles. The van der Waals surface area contributed by atoms with Gasteiger partial charge in [-0.3, -0.25) is 4.79 Å². The summed E-state index contributed by atoms with van der Waals surface area (Å²) < 4.78 is 1.20. The van der Waals surface area contributed by atoms with E-state index in [-0.39, 0.29) is 17.5 Å². The van der Waals surface area contributed by atoms with Gasteiger partial charge in [-0.1, -0.05) is 0 Å². The molecule has 1 saturated carbocycles. The lowest BCUT2D eigenvalue weighted by Crippen LogP contribution is -2.25. The second-order valence-electron chi connectivity index (χ2n) is 4.15. The fraction of sp³-hybridized carbons (Fsp3) is 0.273. The van der Waals surface area contributed by atoms with Crippen LogP contribution in [0.15, 0.2) is 23.0 Å². The highest BCUT2D eigenvalue weighted by Gasteiger charge is 2.32. The maximum atomic E-state index is 11.9. The van der Waals surface area contributed by atoms with Gasteiger partial charge in [0.1, 0.15) is 0 Å². The third kappa shape index (κ3) is 1.25. The number of rotatable bonds is 1. The summed E-state index contributed by atoms with van der Waals surface area (Å²) in [4.78, 5) is 26.2. The number of nitrogen functional groups attached to an aromatic ring is 1. The first-order valence-corrected chi connectivity index (χ1v) is 5.21. The largest absolute Gasteiger partial charge is 0.399 e. The van der Waals surface area contributed by atoms with E-state index >= 15 is 0 Å². The van der Waals surface area contributed by atoms with Crippen LogP contribution in [0.1, 0.15) is 17.6 Å². The quantitative estimate of drug-likeness (QED) is 0.698. The molecule has 0 bridgehead atoms. The normalized spacial score (nSPS) is 15.5. The van der Waals surface area contributed by atoms with Gasteiger partial charge in [0.2, 0.25) is 5.91 Å². The average Bonchev–Trinajstić information content (AvgIpc) is 3.01. The maximum Gasteiger partial charge on any atom is 0.333 e. The number of hydrogen-bond acceptors (Lipinski definition) is 3. The molecule has 16 heavy (non-hydrogen) atoms. The van der Waals surface area contributed by atoms with E-state index in [9.17, 15) is 9.59 Å². The summed E-state index contributed by atoms with van der Waals surface area (Å²) >= 11 is 0. The summed E-state index contributed by atoms with van der Waals surface area (Å²) in [6.07, 6.45) is 1.75. The van der Waals surface area contributed by atoms with Crippen LogP contribution >= 0.6 is 0 Å². The van der Waals surface area contributed by atoms with E-state index in [0.29, 0.717) is 16.7 Å². The van der Waals surface area contributed by atoms with Crippen LogP contribution in [0.2, 0.25) is 0 Å². The molecule has 0 saturated heterocycles. The van der Waals surface area contributed by atoms with Crippen LogP contribution in [0.4, 0.5) is 5.69 Å². The van der Waals surface area contributed by atoms with E-state index in [0.717, 1.165) is 12.8 Å². The number of fused-ring (bicyclic) bond motifs is 1. The van der Waals surface area contributed by atoms with Crippen LogP contribution in [0, 0.1) is 5.92 Å². The Morgan fingerprint density at radius 1 is 1.44 bits per heavy atom. The summed E-state index contributed by atoms with van der Waals surface area (Å²) in [5.74, 6) is -0.111. The lowest BCUT2D eigenvalue weighted by molar-refractivity contribution is 0.0887. The number of carbonyl (C=O) groups is 1. The summed E-state index contributed by atoms with van der Waals surface area (Å²) in [7, 11) is 0. The predicted molar refractivity (Wildman–Crippen MR) is 60.3 cm³/mol. The molecule has 2 aromatic rings. The average molecular weight is 217 g/mol. The first kappa shape index (κ1) is 9.21. The molecule has 3 N–H and O–H groups in total. The Labute approximate surface area is 90.9 Å². The molecule has 0 amide bonds. The van der Waals surface area contributed by atoms with Crippen LogP contribution in [0.5, 0.6) is 0 Å². The van der Waals surface area contributed by atoms with E-state index < -0.39 is 0 Å². The molecule has 5 heteroatoms. The van der Waals surface area contributed by atoms with Gasteiger partial charge in [0, 0.05) is 11.6 Å². The summed E-state index contributed by atoms with van der Waals surface area (Å²) in [5.41, 5.74) is 7.04. The van der Waals surface area contributed by atoms with Crippen LogP contribution in [-0.4, -0.2) is 15.5 Å². The molecule has 3 rings (SSSR count). The van der Waals surface area contributed by atoms with Gasteiger partial charge < -0.3 is 10.7 Å². The first-order chi connectivity index (χ1) is 7.66. The number of nitrogens with zero attached hydrogens (tertiary/aromatic N) is 1. The van der Waals surface area contributed by atoms with Gasteiger partial charge in [-0.25, -0.2) is 9.36 Å². The predicted octanol–water partition coefficient (Wildman–Crippen LogP) is 0.962. The highest BCUT2D eigenvalue weighted by atomic mass is 16.2. The van der Waals surface area contributed by atoms with Crippen molar-refractivity contribution in [3.63, 3.8) is 0 Å². The molecule has 0 unspecified atom stereocenters. The number of carbonyl (C=O) groups excluding carboxylic acids is 1. The second kappa shape index (κ2) is 2.98. The number of aromatic amines is 1. The Balaban J connectivity index is 2.28. The van der Waals surface area contributed by atoms with Crippen molar-refractivity contribution in [1.82, 2.24) is 9.55 Å². The third-order valence-electron chi connectivity index (χ3n) is 2.85. The molecule has 5 nitrogen and oxygen atoms in total. The lowest BCUT2D eigenvalue weighted by atomic mass is 10.2. The maximum absolute atomic E-state index is 11.9. The zero-order valence-electron chi connectivity index (χ0n) is 8.56. The van der Waals surface area contributed by atoms with E-state index in [1.54, 1.807) is 18.2 Å². The van der Waals surface area contributed by atoms with Crippen molar-refractivity contribution >= 4 is 22.6 Å². The lowest BCUT2D eigenvalue weighted by Gasteiger charge is -2.00.